The second kappa shape index (κ2) is 8.21. The van der Waals surface area contributed by atoms with Gasteiger partial charge < -0.3 is 9.47 Å². The van der Waals surface area contributed by atoms with Crippen molar-refractivity contribution in [3.05, 3.63) is 0 Å². The Morgan fingerprint density at radius 1 is 1.38 bits per heavy atom. The Hall–Kier alpha value is 1.21. The van der Waals surface area contributed by atoms with Gasteiger partial charge in [-0.25, -0.2) is 0 Å². The Labute approximate surface area is 81.4 Å². The molecular weight excluding hydrogens is 251 g/mol. The molecule has 1 radical (unpaired) electrons. The van der Waals surface area contributed by atoms with E-state index < -0.39 is 0 Å². The quantitative estimate of drug-likeness (QED) is 0.745. The first-order valence-electron chi connectivity index (χ1n) is 2.33. The minimum Gasteiger partial charge on any atom is -0.382 e. The van der Waals surface area contributed by atoms with Crippen molar-refractivity contribution in [1.82, 2.24) is 0 Å². The zero-order valence-corrected chi connectivity index (χ0v) is 7.57. The molecule has 0 saturated carbocycles. The van der Waals surface area contributed by atoms with E-state index in [0.29, 0.717) is 6.61 Å². The van der Waals surface area contributed by atoms with Crippen molar-refractivity contribution < 1.29 is 48.1 Å². The van der Waals surface area contributed by atoms with Gasteiger partial charge in [-0.2, -0.15) is 0 Å². The van der Waals surface area contributed by atoms with Crippen LogP contribution in [-0.4, -0.2) is 26.9 Å². The van der Waals surface area contributed by atoms with Gasteiger partial charge in [0.1, 0.15) is 0 Å². The third kappa shape index (κ3) is 7.21. The van der Waals surface area contributed by atoms with Gasteiger partial charge >= 0.3 is 0 Å². The van der Waals surface area contributed by atoms with Gasteiger partial charge in [-0.3, -0.25) is 0 Å². The Kier molecular flexibility index (Phi) is 12.2. The zero-order valence-electron chi connectivity index (χ0n) is 5.43. The van der Waals surface area contributed by atoms with Crippen LogP contribution in [0.15, 0.2) is 0 Å². The van der Waals surface area contributed by atoms with Crippen molar-refractivity contribution >= 4 is 0 Å². The molecule has 0 aliphatic heterocycles. The summed E-state index contributed by atoms with van der Waals surface area (Å²) in [6.45, 7) is 2.64. The zero-order chi connectivity index (χ0) is 5.70. The van der Waals surface area contributed by atoms with E-state index in [4.69, 9.17) is 9.47 Å². The molecule has 0 N–H and O–H groups in total. The molecule has 0 spiro atoms. The summed E-state index contributed by atoms with van der Waals surface area (Å²) in [7, 11) is 3.33. The molecule has 1 unspecified atom stereocenters. The summed E-state index contributed by atoms with van der Waals surface area (Å²) >= 11 is 0. The van der Waals surface area contributed by atoms with E-state index in [1.807, 2.05) is 6.92 Å². The minimum absolute atomic E-state index is 0. The first-order chi connectivity index (χ1) is 3.31. The van der Waals surface area contributed by atoms with Gasteiger partial charge in [0.15, 0.2) is 0 Å². The van der Waals surface area contributed by atoms with Gasteiger partial charge in [0.2, 0.25) is 0 Å². The summed E-state index contributed by atoms with van der Waals surface area (Å²) in [6, 6.07) is 0. The van der Waals surface area contributed by atoms with E-state index in [1.165, 1.54) is 0 Å². The molecule has 0 fully saturated rings. The molecule has 3 heteroatoms. The van der Waals surface area contributed by atoms with Crippen molar-refractivity contribution in [1.29, 1.82) is 0 Å². The average molecular weight is 263 g/mol. The fourth-order valence-corrected chi connectivity index (χ4v) is 0.303. The predicted molar refractivity (Wildman–Crippen MR) is 28.3 cm³/mol. The van der Waals surface area contributed by atoms with Crippen molar-refractivity contribution in [2.24, 2.45) is 0 Å². The molecule has 0 amide bonds. The SMILES string of the molecule is COCC(C)OC.[Tb]. The van der Waals surface area contributed by atoms with Gasteiger partial charge in [0.05, 0.1) is 12.7 Å². The largest absolute Gasteiger partial charge is 0.382 e. The molecule has 8 heavy (non-hydrogen) atoms. The Morgan fingerprint density at radius 3 is 2.00 bits per heavy atom. The molecular formula is C5H12O2Tb. The van der Waals surface area contributed by atoms with Crippen LogP contribution in [0.4, 0.5) is 0 Å². The first-order valence-corrected chi connectivity index (χ1v) is 2.33. The standard InChI is InChI=1S/C5H12O2.Tb/c1-5(7-3)4-6-2;/h5H,4H2,1-3H3;. The summed E-state index contributed by atoms with van der Waals surface area (Å²) in [6.07, 6.45) is 0.227. The van der Waals surface area contributed by atoms with Crippen molar-refractivity contribution in [2.75, 3.05) is 20.8 Å². The maximum absolute atomic E-state index is 4.87. The van der Waals surface area contributed by atoms with Crippen molar-refractivity contribution in [3.8, 4) is 0 Å². The molecule has 53 valence electrons. The second-order valence-electron chi connectivity index (χ2n) is 1.50. The van der Waals surface area contributed by atoms with Crippen molar-refractivity contribution in [2.45, 2.75) is 13.0 Å². The van der Waals surface area contributed by atoms with Crippen molar-refractivity contribution in [3.63, 3.8) is 0 Å². The van der Waals surface area contributed by atoms with Crippen LogP contribution in [0, 0.1) is 38.6 Å². The number of hydrogen-bond donors (Lipinski definition) is 0. The van der Waals surface area contributed by atoms with E-state index in [2.05, 4.69) is 0 Å². The normalized spacial score (nSPS) is 12.4. The minimum atomic E-state index is 0. The Morgan fingerprint density at radius 2 is 1.88 bits per heavy atom. The fraction of sp³-hybridized carbons (Fsp3) is 1.00. The topological polar surface area (TPSA) is 18.5 Å². The molecule has 0 rings (SSSR count). The third-order valence-electron chi connectivity index (χ3n) is 0.804. The molecule has 0 bridgehead atoms. The average Bonchev–Trinajstić information content (AvgIpc) is 1.68. The Balaban J connectivity index is 0. The molecule has 0 aromatic rings. The van der Waals surface area contributed by atoms with Gasteiger partial charge in [-0.1, -0.05) is 0 Å². The first kappa shape index (κ1) is 11.9. The molecule has 2 nitrogen and oxygen atoms in total. The van der Waals surface area contributed by atoms with Crippen LogP contribution in [-0.2, 0) is 9.47 Å². The fourth-order valence-electron chi connectivity index (χ4n) is 0.303. The monoisotopic (exact) mass is 263 g/mol. The van der Waals surface area contributed by atoms with Gasteiger partial charge in [0.25, 0.3) is 0 Å². The predicted octanol–water partition coefficient (Wildman–Crippen LogP) is 0.668. The summed E-state index contributed by atoms with van der Waals surface area (Å²) < 4.78 is 9.64. The maximum Gasteiger partial charge on any atom is 0.0776 e. The van der Waals surface area contributed by atoms with Crippen LogP contribution < -0.4 is 0 Å². The molecule has 1 atom stereocenters. The summed E-state index contributed by atoms with van der Waals surface area (Å²) in [5.41, 5.74) is 0. The van der Waals surface area contributed by atoms with E-state index in [0.717, 1.165) is 0 Å². The molecule has 0 aromatic carbocycles. The van der Waals surface area contributed by atoms with E-state index in [1.54, 1.807) is 14.2 Å². The molecule has 0 aromatic heterocycles. The molecule has 0 aliphatic carbocycles. The number of rotatable bonds is 3. The van der Waals surface area contributed by atoms with Crippen LogP contribution in [0.2, 0.25) is 0 Å². The Bertz CT molecular complexity index is 41.4. The molecule has 0 saturated heterocycles. The number of ether oxygens (including phenoxy) is 2. The second-order valence-corrected chi connectivity index (χ2v) is 1.50. The van der Waals surface area contributed by atoms with E-state index in [9.17, 15) is 0 Å². The maximum atomic E-state index is 4.87. The van der Waals surface area contributed by atoms with Gasteiger partial charge in [0, 0.05) is 52.8 Å². The van der Waals surface area contributed by atoms with E-state index in [-0.39, 0.29) is 44.7 Å². The summed E-state index contributed by atoms with van der Waals surface area (Å²) in [5.74, 6) is 0. The molecule has 0 aliphatic rings. The van der Waals surface area contributed by atoms with Crippen LogP contribution in [0.5, 0.6) is 0 Å². The number of methoxy groups -OCH3 is 2. The summed E-state index contributed by atoms with van der Waals surface area (Å²) in [4.78, 5) is 0. The molecule has 0 heterocycles. The number of hydrogen-bond acceptors (Lipinski definition) is 2. The van der Waals surface area contributed by atoms with Crippen LogP contribution in [0.3, 0.4) is 0 Å². The van der Waals surface area contributed by atoms with E-state index >= 15 is 0 Å². The van der Waals surface area contributed by atoms with Crippen LogP contribution in [0.25, 0.3) is 0 Å². The van der Waals surface area contributed by atoms with Crippen LogP contribution >= 0.6 is 0 Å². The third-order valence-corrected chi connectivity index (χ3v) is 0.804. The van der Waals surface area contributed by atoms with Gasteiger partial charge in [-0.15, -0.1) is 0 Å². The van der Waals surface area contributed by atoms with Gasteiger partial charge in [-0.05, 0) is 6.92 Å². The summed E-state index contributed by atoms with van der Waals surface area (Å²) in [5, 5.41) is 0. The van der Waals surface area contributed by atoms with Crippen LogP contribution in [0.1, 0.15) is 6.92 Å². The smallest absolute Gasteiger partial charge is 0.0776 e.